The first kappa shape index (κ1) is 31.4. The van der Waals surface area contributed by atoms with Crippen LogP contribution in [0.25, 0.3) is 5.76 Å². The molecule has 1 unspecified atom stereocenters. The fourth-order valence-electron chi connectivity index (χ4n) is 5.59. The number of hydrogen-bond acceptors (Lipinski definition) is 4. The number of unbranched alkanes of at least 4 members (excludes halogenated alkanes) is 13. The molecule has 2 aromatic rings. The summed E-state index contributed by atoms with van der Waals surface area (Å²) in [5.74, 6) is -0.581. The average molecular weight is 548 g/mol. The second-order valence-corrected chi connectivity index (χ2v) is 11.2. The molecule has 0 radical (unpaired) electrons. The number of benzene rings is 2. The van der Waals surface area contributed by atoms with Crippen molar-refractivity contribution in [3.63, 3.8) is 0 Å². The van der Waals surface area contributed by atoms with Crippen LogP contribution in [0, 0.1) is 6.92 Å². The summed E-state index contributed by atoms with van der Waals surface area (Å²) in [5.41, 5.74) is 2.54. The number of ether oxygens (including phenoxy) is 1. The minimum atomic E-state index is -0.621. The van der Waals surface area contributed by atoms with Crippen LogP contribution in [0.5, 0.6) is 5.75 Å². The van der Waals surface area contributed by atoms with Crippen molar-refractivity contribution in [2.45, 2.75) is 110 Å². The van der Waals surface area contributed by atoms with Gasteiger partial charge < -0.3 is 14.7 Å². The maximum absolute atomic E-state index is 13.2. The summed E-state index contributed by atoms with van der Waals surface area (Å²) in [6.07, 6.45) is 17.7. The van der Waals surface area contributed by atoms with Gasteiger partial charge in [-0.25, -0.2) is 0 Å². The summed E-state index contributed by atoms with van der Waals surface area (Å²) in [6, 6.07) is 14.1. The van der Waals surface area contributed by atoms with Crippen molar-refractivity contribution in [1.82, 2.24) is 4.90 Å². The lowest BCUT2D eigenvalue weighted by atomic mass is 9.95. The highest BCUT2D eigenvalue weighted by Crippen LogP contribution is 2.40. The van der Waals surface area contributed by atoms with E-state index >= 15 is 0 Å². The summed E-state index contributed by atoms with van der Waals surface area (Å²) < 4.78 is 5.30. The highest BCUT2D eigenvalue weighted by molar-refractivity contribution is 6.46. The second kappa shape index (κ2) is 16.9. The van der Waals surface area contributed by atoms with Crippen molar-refractivity contribution < 1.29 is 19.4 Å². The fraction of sp³-hybridized carbons (Fsp3) is 0.543. The number of likely N-dealkylation sites (tertiary alicyclic amines) is 1. The number of methoxy groups -OCH3 is 1. The molecule has 40 heavy (non-hydrogen) atoms. The molecule has 0 bridgehead atoms. The zero-order valence-electron chi connectivity index (χ0n) is 24.9. The lowest BCUT2D eigenvalue weighted by Crippen LogP contribution is -2.30. The molecular weight excluding hydrogens is 498 g/mol. The first-order valence-corrected chi connectivity index (χ1v) is 15.5. The molecule has 1 saturated heterocycles. The average Bonchev–Trinajstić information content (AvgIpc) is 3.22. The Labute approximate surface area is 241 Å². The Bertz CT molecular complexity index is 1090. The van der Waals surface area contributed by atoms with Crippen molar-refractivity contribution >= 4 is 17.4 Å². The number of carbonyl (C=O) groups is 2. The summed E-state index contributed by atoms with van der Waals surface area (Å²) in [4.78, 5) is 28.0. The largest absolute Gasteiger partial charge is 0.507 e. The van der Waals surface area contributed by atoms with Crippen LogP contribution in [0.1, 0.15) is 120 Å². The van der Waals surface area contributed by atoms with E-state index < -0.39 is 17.7 Å². The van der Waals surface area contributed by atoms with Crippen molar-refractivity contribution in [3.8, 4) is 5.75 Å². The molecule has 1 heterocycles. The minimum Gasteiger partial charge on any atom is -0.507 e. The lowest BCUT2D eigenvalue weighted by molar-refractivity contribution is -0.139. The number of ketones is 1. The number of amides is 1. The lowest BCUT2D eigenvalue weighted by Gasteiger charge is -2.25. The summed E-state index contributed by atoms with van der Waals surface area (Å²) in [5, 5.41) is 11.2. The fourth-order valence-corrected chi connectivity index (χ4v) is 5.59. The third kappa shape index (κ3) is 8.97. The number of aryl methyl sites for hydroxylation is 1. The van der Waals surface area contributed by atoms with Crippen molar-refractivity contribution in [2.75, 3.05) is 13.7 Å². The van der Waals surface area contributed by atoms with E-state index in [1.54, 1.807) is 24.1 Å². The predicted octanol–water partition coefficient (Wildman–Crippen LogP) is 8.91. The molecule has 1 atom stereocenters. The van der Waals surface area contributed by atoms with Gasteiger partial charge in [-0.2, -0.15) is 0 Å². The first-order valence-electron chi connectivity index (χ1n) is 15.5. The molecule has 0 aliphatic carbocycles. The number of aliphatic hydroxyl groups excluding tert-OH is 1. The van der Waals surface area contributed by atoms with E-state index in [1.807, 2.05) is 43.3 Å². The maximum atomic E-state index is 13.2. The first-order chi connectivity index (χ1) is 19.5. The smallest absolute Gasteiger partial charge is 0.295 e. The Morgan fingerprint density at radius 3 is 1.75 bits per heavy atom. The summed E-state index contributed by atoms with van der Waals surface area (Å²) >= 11 is 0. The Kier molecular flexibility index (Phi) is 13.3. The minimum absolute atomic E-state index is 0.123. The molecule has 0 saturated carbocycles. The van der Waals surface area contributed by atoms with Gasteiger partial charge >= 0.3 is 0 Å². The Balaban J connectivity index is 1.55. The topological polar surface area (TPSA) is 66.8 Å². The molecule has 1 aliphatic heterocycles. The van der Waals surface area contributed by atoms with Gasteiger partial charge in [-0.1, -0.05) is 132 Å². The van der Waals surface area contributed by atoms with Crippen LogP contribution in [0.15, 0.2) is 54.1 Å². The van der Waals surface area contributed by atoms with Gasteiger partial charge in [0.25, 0.3) is 11.7 Å². The molecule has 1 aliphatic rings. The van der Waals surface area contributed by atoms with Gasteiger partial charge in [-0.05, 0) is 31.0 Å². The Morgan fingerprint density at radius 1 is 0.750 bits per heavy atom. The monoisotopic (exact) mass is 547 g/mol. The van der Waals surface area contributed by atoms with Crippen molar-refractivity contribution in [1.29, 1.82) is 0 Å². The molecule has 1 fully saturated rings. The van der Waals surface area contributed by atoms with Crippen molar-refractivity contribution in [2.24, 2.45) is 0 Å². The SMILES string of the molecule is CCCCCCCCCCCCCCCCN1C(=O)C(=O)/C(=C(\O)c2ccc(C)cc2)C1c1ccc(OC)cc1. The van der Waals surface area contributed by atoms with E-state index in [1.165, 1.54) is 70.6 Å². The van der Waals surface area contributed by atoms with Crippen LogP contribution in [0.3, 0.4) is 0 Å². The van der Waals surface area contributed by atoms with Crippen LogP contribution in [0.4, 0.5) is 0 Å². The summed E-state index contributed by atoms with van der Waals surface area (Å²) in [7, 11) is 1.61. The molecule has 0 aromatic heterocycles. The second-order valence-electron chi connectivity index (χ2n) is 11.2. The molecule has 1 N–H and O–H groups in total. The highest BCUT2D eigenvalue weighted by atomic mass is 16.5. The van der Waals surface area contributed by atoms with Gasteiger partial charge in [0, 0.05) is 12.1 Å². The number of aliphatic hydroxyl groups is 1. The van der Waals surface area contributed by atoms with E-state index in [9.17, 15) is 14.7 Å². The van der Waals surface area contributed by atoms with Gasteiger partial charge in [-0.3, -0.25) is 9.59 Å². The van der Waals surface area contributed by atoms with E-state index in [-0.39, 0.29) is 11.3 Å². The quantitative estimate of drug-likeness (QED) is 0.0876. The standard InChI is InChI=1S/C35H49NO4/c1-4-5-6-7-8-9-10-11-12-13-14-15-16-17-26-36-32(28-22-24-30(40-3)25-23-28)31(34(38)35(36)39)33(37)29-20-18-27(2)19-21-29/h18-25,32,37H,4-17,26H2,1-3H3/b33-31-. The highest BCUT2D eigenvalue weighted by Gasteiger charge is 2.45. The van der Waals surface area contributed by atoms with Gasteiger partial charge in [-0.15, -0.1) is 0 Å². The third-order valence-electron chi connectivity index (χ3n) is 8.05. The molecule has 5 nitrogen and oxygen atoms in total. The summed E-state index contributed by atoms with van der Waals surface area (Å²) in [6.45, 7) is 4.72. The number of Topliss-reactive ketones (excluding diaryl/α,β-unsaturated/α-hetero) is 1. The molecule has 1 amide bonds. The molecule has 3 rings (SSSR count). The predicted molar refractivity (Wildman–Crippen MR) is 163 cm³/mol. The molecular formula is C35H49NO4. The maximum Gasteiger partial charge on any atom is 0.295 e. The van der Waals surface area contributed by atoms with Gasteiger partial charge in [0.15, 0.2) is 0 Å². The molecule has 218 valence electrons. The van der Waals surface area contributed by atoms with Crippen LogP contribution < -0.4 is 4.74 Å². The zero-order chi connectivity index (χ0) is 28.7. The van der Waals surface area contributed by atoms with E-state index in [0.717, 1.165) is 30.4 Å². The Morgan fingerprint density at radius 2 is 1.25 bits per heavy atom. The Hall–Kier alpha value is -3.08. The molecule has 5 heteroatoms. The normalized spacial score (nSPS) is 16.6. The number of hydrogen-bond donors (Lipinski definition) is 1. The van der Waals surface area contributed by atoms with E-state index in [4.69, 9.17) is 4.74 Å². The number of nitrogens with zero attached hydrogens (tertiary/aromatic N) is 1. The molecule has 0 spiro atoms. The molecule has 2 aromatic carbocycles. The number of carbonyl (C=O) groups excluding carboxylic acids is 2. The van der Waals surface area contributed by atoms with Gasteiger partial charge in [0.05, 0.1) is 18.7 Å². The van der Waals surface area contributed by atoms with Gasteiger partial charge in [0.2, 0.25) is 0 Å². The van der Waals surface area contributed by atoms with E-state index in [2.05, 4.69) is 6.92 Å². The van der Waals surface area contributed by atoms with Gasteiger partial charge in [0.1, 0.15) is 11.5 Å². The van der Waals surface area contributed by atoms with Crippen LogP contribution >= 0.6 is 0 Å². The number of rotatable bonds is 18. The van der Waals surface area contributed by atoms with Crippen LogP contribution in [-0.4, -0.2) is 35.4 Å². The third-order valence-corrected chi connectivity index (χ3v) is 8.05. The van der Waals surface area contributed by atoms with Crippen molar-refractivity contribution in [3.05, 3.63) is 70.8 Å². The van der Waals surface area contributed by atoms with Crippen LogP contribution in [0.2, 0.25) is 0 Å². The zero-order valence-corrected chi connectivity index (χ0v) is 24.9. The van der Waals surface area contributed by atoms with Crippen LogP contribution in [-0.2, 0) is 9.59 Å². The van der Waals surface area contributed by atoms with E-state index in [0.29, 0.717) is 17.9 Å².